The molecule has 2 amide bonds. The van der Waals surface area contributed by atoms with Gasteiger partial charge in [-0.15, -0.1) is 0 Å². The van der Waals surface area contributed by atoms with Gasteiger partial charge in [-0.3, -0.25) is 14.5 Å². The Labute approximate surface area is 221 Å². The van der Waals surface area contributed by atoms with Crippen LogP contribution in [0.2, 0.25) is 0 Å². The highest BCUT2D eigenvalue weighted by atomic mass is 79.9. The Morgan fingerprint density at radius 3 is 1.19 bits per heavy atom. The molecule has 0 radical (unpaired) electrons. The molecule has 0 aromatic heterocycles. The van der Waals surface area contributed by atoms with E-state index in [4.69, 9.17) is 0 Å². The van der Waals surface area contributed by atoms with E-state index >= 15 is 0 Å². The number of fused-ring (bicyclic) bond motifs is 1. The minimum Gasteiger partial charge on any atom is -0.274 e. The first-order valence-electron chi connectivity index (χ1n) is 11.6. The van der Waals surface area contributed by atoms with Crippen molar-refractivity contribution in [3.8, 4) is 0 Å². The van der Waals surface area contributed by atoms with Crippen molar-refractivity contribution in [1.82, 2.24) is 4.90 Å². The number of benzene rings is 1. The molecule has 0 saturated carbocycles. The standard InChI is InChI=1S/C24H33Br4NO2/c1-2-3-4-5-6-7-8-9-10-11-12-13-14-15-16-29-23(30)17-18(24(29)31)20(26)22(28)21(27)19(17)25/h2-16H2,1H3. The maximum absolute atomic E-state index is 12.8. The summed E-state index contributed by atoms with van der Waals surface area (Å²) in [5, 5.41) is 0. The predicted octanol–water partition coefficient (Wildman–Crippen LogP) is 9.81. The fourth-order valence-corrected chi connectivity index (χ4v) is 6.52. The Hall–Kier alpha value is 0.280. The van der Waals surface area contributed by atoms with Crippen LogP contribution in [0.25, 0.3) is 0 Å². The molecule has 0 atom stereocenters. The fraction of sp³-hybridized carbons (Fsp3) is 0.667. The quantitative estimate of drug-likeness (QED) is 0.0798. The average molecular weight is 687 g/mol. The third kappa shape index (κ3) is 7.65. The van der Waals surface area contributed by atoms with Crippen molar-refractivity contribution in [2.24, 2.45) is 0 Å². The molecule has 1 aliphatic heterocycles. The SMILES string of the molecule is CCCCCCCCCCCCCCCCN1C(=O)c2c(Br)c(Br)c(Br)c(Br)c2C1=O. The van der Waals surface area contributed by atoms with E-state index in [0.717, 1.165) is 21.8 Å². The number of imide groups is 1. The van der Waals surface area contributed by atoms with Gasteiger partial charge in [0.2, 0.25) is 0 Å². The summed E-state index contributed by atoms with van der Waals surface area (Å²) >= 11 is 13.9. The molecule has 1 aromatic carbocycles. The highest BCUT2D eigenvalue weighted by Crippen LogP contribution is 2.45. The van der Waals surface area contributed by atoms with Gasteiger partial charge in [0.1, 0.15) is 0 Å². The number of unbranched alkanes of at least 4 members (excludes halogenated alkanes) is 13. The zero-order valence-electron chi connectivity index (χ0n) is 18.4. The lowest BCUT2D eigenvalue weighted by atomic mass is 10.0. The molecule has 174 valence electrons. The van der Waals surface area contributed by atoms with Crippen LogP contribution >= 0.6 is 63.7 Å². The van der Waals surface area contributed by atoms with Crippen LogP contribution in [0.3, 0.4) is 0 Å². The molecule has 2 rings (SSSR count). The Bertz CT molecular complexity index is 720. The Balaban J connectivity index is 1.60. The minimum absolute atomic E-state index is 0.213. The van der Waals surface area contributed by atoms with Gasteiger partial charge >= 0.3 is 0 Å². The van der Waals surface area contributed by atoms with Gasteiger partial charge in [0.15, 0.2) is 0 Å². The van der Waals surface area contributed by atoms with E-state index in [1.165, 1.54) is 81.9 Å². The second kappa shape index (κ2) is 14.5. The van der Waals surface area contributed by atoms with Gasteiger partial charge in [0.25, 0.3) is 11.8 Å². The Morgan fingerprint density at radius 2 is 0.839 bits per heavy atom. The predicted molar refractivity (Wildman–Crippen MR) is 143 cm³/mol. The first kappa shape index (κ1) is 27.5. The zero-order chi connectivity index (χ0) is 22.8. The molecule has 0 unspecified atom stereocenters. The summed E-state index contributed by atoms with van der Waals surface area (Å²) in [4.78, 5) is 27.0. The van der Waals surface area contributed by atoms with Gasteiger partial charge in [-0.2, -0.15) is 0 Å². The second-order valence-corrected chi connectivity index (χ2v) is 11.5. The molecule has 31 heavy (non-hydrogen) atoms. The summed E-state index contributed by atoms with van der Waals surface area (Å²) in [6.45, 7) is 2.75. The lowest BCUT2D eigenvalue weighted by Crippen LogP contribution is -2.30. The van der Waals surface area contributed by atoms with Gasteiger partial charge < -0.3 is 0 Å². The Kier molecular flexibility index (Phi) is 12.9. The number of halogens is 4. The van der Waals surface area contributed by atoms with Crippen molar-refractivity contribution in [2.75, 3.05) is 6.54 Å². The third-order valence-electron chi connectivity index (χ3n) is 5.92. The third-order valence-corrected chi connectivity index (χ3v) is 10.7. The molecule has 1 heterocycles. The van der Waals surface area contributed by atoms with Crippen LogP contribution in [0.1, 0.15) is 118 Å². The van der Waals surface area contributed by atoms with Crippen LogP contribution in [0, 0.1) is 0 Å². The van der Waals surface area contributed by atoms with Crippen LogP contribution in [0.4, 0.5) is 0 Å². The number of rotatable bonds is 15. The van der Waals surface area contributed by atoms with Crippen molar-refractivity contribution >= 4 is 75.5 Å². The first-order chi connectivity index (χ1) is 14.9. The molecule has 0 bridgehead atoms. The highest BCUT2D eigenvalue weighted by molar-refractivity contribution is 9.15. The van der Waals surface area contributed by atoms with Crippen molar-refractivity contribution in [2.45, 2.75) is 96.8 Å². The molecular formula is C24H33Br4NO2. The molecule has 1 aromatic rings. The molecule has 0 N–H and O–H groups in total. The molecule has 0 saturated heterocycles. The van der Waals surface area contributed by atoms with Gasteiger partial charge in [-0.1, -0.05) is 90.4 Å². The Morgan fingerprint density at radius 1 is 0.516 bits per heavy atom. The number of nitrogens with zero attached hydrogens (tertiary/aromatic N) is 1. The highest BCUT2D eigenvalue weighted by Gasteiger charge is 2.40. The van der Waals surface area contributed by atoms with E-state index < -0.39 is 0 Å². The van der Waals surface area contributed by atoms with E-state index in [9.17, 15) is 9.59 Å². The van der Waals surface area contributed by atoms with Crippen molar-refractivity contribution in [3.63, 3.8) is 0 Å². The fourth-order valence-electron chi connectivity index (χ4n) is 4.06. The van der Waals surface area contributed by atoms with Crippen molar-refractivity contribution in [1.29, 1.82) is 0 Å². The van der Waals surface area contributed by atoms with Crippen LogP contribution in [-0.4, -0.2) is 23.3 Å². The van der Waals surface area contributed by atoms with Crippen molar-refractivity contribution in [3.05, 3.63) is 29.0 Å². The molecule has 0 fully saturated rings. The number of carbonyl (C=O) groups is 2. The smallest absolute Gasteiger partial charge is 0.262 e. The summed E-state index contributed by atoms with van der Waals surface area (Å²) < 4.78 is 2.72. The molecular weight excluding hydrogens is 654 g/mol. The number of carbonyl (C=O) groups excluding carboxylic acids is 2. The molecule has 0 aliphatic carbocycles. The van der Waals surface area contributed by atoms with E-state index in [-0.39, 0.29) is 11.8 Å². The van der Waals surface area contributed by atoms with Gasteiger partial charge in [-0.05, 0) is 70.1 Å². The van der Waals surface area contributed by atoms with Gasteiger partial charge in [-0.25, -0.2) is 0 Å². The maximum Gasteiger partial charge on any atom is 0.262 e. The minimum atomic E-state index is -0.213. The second-order valence-electron chi connectivity index (χ2n) is 8.36. The van der Waals surface area contributed by atoms with E-state index in [2.05, 4.69) is 70.6 Å². The van der Waals surface area contributed by atoms with Crippen molar-refractivity contribution < 1.29 is 9.59 Å². The molecule has 3 nitrogen and oxygen atoms in total. The van der Waals surface area contributed by atoms with E-state index in [1.807, 2.05) is 0 Å². The summed E-state index contributed by atoms with van der Waals surface area (Å²) in [6.07, 6.45) is 18.0. The van der Waals surface area contributed by atoms with Crippen LogP contribution < -0.4 is 0 Å². The van der Waals surface area contributed by atoms with Crippen LogP contribution in [-0.2, 0) is 0 Å². The van der Waals surface area contributed by atoms with Crippen LogP contribution in [0.15, 0.2) is 17.9 Å². The summed E-state index contributed by atoms with van der Waals surface area (Å²) in [7, 11) is 0. The molecule has 7 heteroatoms. The van der Waals surface area contributed by atoms with Gasteiger partial charge in [0, 0.05) is 24.4 Å². The number of amides is 2. The first-order valence-corrected chi connectivity index (χ1v) is 14.8. The summed E-state index contributed by atoms with van der Waals surface area (Å²) in [5.74, 6) is -0.425. The lowest BCUT2D eigenvalue weighted by Gasteiger charge is -2.13. The zero-order valence-corrected chi connectivity index (χ0v) is 24.7. The average Bonchev–Trinajstić information content (AvgIpc) is 3.01. The number of hydrogen-bond donors (Lipinski definition) is 0. The molecule has 0 spiro atoms. The van der Waals surface area contributed by atoms with E-state index in [0.29, 0.717) is 26.6 Å². The summed E-state index contributed by atoms with van der Waals surface area (Å²) in [6, 6.07) is 0. The maximum atomic E-state index is 12.8. The largest absolute Gasteiger partial charge is 0.274 e. The number of hydrogen-bond acceptors (Lipinski definition) is 2. The van der Waals surface area contributed by atoms with Crippen LogP contribution in [0.5, 0.6) is 0 Å². The normalized spacial score (nSPS) is 13.4. The lowest BCUT2D eigenvalue weighted by molar-refractivity contribution is 0.0651. The topological polar surface area (TPSA) is 37.4 Å². The molecule has 1 aliphatic rings. The van der Waals surface area contributed by atoms with Gasteiger partial charge in [0.05, 0.1) is 11.1 Å². The monoisotopic (exact) mass is 683 g/mol. The summed E-state index contributed by atoms with van der Waals surface area (Å²) in [5.41, 5.74) is 0.884. The van der Waals surface area contributed by atoms with E-state index in [1.54, 1.807) is 0 Å².